The molecule has 2 aromatic carbocycles. The lowest BCUT2D eigenvalue weighted by atomic mass is 9.98. The Morgan fingerprint density at radius 2 is 1.70 bits per heavy atom. The molecule has 0 bridgehead atoms. The lowest BCUT2D eigenvalue weighted by Crippen LogP contribution is -2.21. The summed E-state index contributed by atoms with van der Waals surface area (Å²) in [6.45, 7) is 9.85. The average molecular weight is 558 g/mol. The van der Waals surface area contributed by atoms with E-state index in [2.05, 4.69) is 29.4 Å². The van der Waals surface area contributed by atoms with Gasteiger partial charge in [-0.25, -0.2) is 0 Å². The van der Waals surface area contributed by atoms with E-state index < -0.39 is 17.9 Å². The molecule has 4 aromatic rings. The Morgan fingerprint density at radius 1 is 1.05 bits per heavy atom. The van der Waals surface area contributed by atoms with Crippen molar-refractivity contribution in [2.75, 3.05) is 11.9 Å². The van der Waals surface area contributed by atoms with E-state index in [1.165, 1.54) is 0 Å². The number of esters is 1. The van der Waals surface area contributed by atoms with Crippen molar-refractivity contribution >= 4 is 40.4 Å². The number of thiophene rings is 1. The highest BCUT2D eigenvalue weighted by molar-refractivity contribution is 7.15. The molecule has 1 unspecified atom stereocenters. The summed E-state index contributed by atoms with van der Waals surface area (Å²) in [5.41, 5.74) is 6.38. The second kappa shape index (κ2) is 11.1. The predicted molar refractivity (Wildman–Crippen MR) is 155 cm³/mol. The van der Waals surface area contributed by atoms with Gasteiger partial charge in [-0.2, -0.15) is 0 Å². The maximum absolute atomic E-state index is 12.1. The highest BCUT2D eigenvalue weighted by Crippen LogP contribution is 2.40. The number of fused-ring (bicyclic) bond motifs is 3. The molecule has 2 N–H and O–H groups in total. The average Bonchev–Trinajstić information content (AvgIpc) is 3.39. The summed E-state index contributed by atoms with van der Waals surface area (Å²) in [7, 11) is 0. The predicted octanol–water partition coefficient (Wildman–Crippen LogP) is 5.72. The molecule has 3 heterocycles. The molecule has 1 aliphatic rings. The van der Waals surface area contributed by atoms with Crippen LogP contribution in [0.5, 0.6) is 0 Å². The Hall–Kier alpha value is -4.31. The summed E-state index contributed by atoms with van der Waals surface area (Å²) in [6.07, 6.45) is 0.241. The van der Waals surface area contributed by atoms with Gasteiger partial charge in [0.2, 0.25) is 0 Å². The minimum absolute atomic E-state index is 0.241. The summed E-state index contributed by atoms with van der Waals surface area (Å²) in [5, 5.41) is 22.9. The maximum Gasteiger partial charge on any atom is 0.310 e. The van der Waals surface area contributed by atoms with Crippen LogP contribution < -0.4 is 5.32 Å². The van der Waals surface area contributed by atoms with Crippen molar-refractivity contribution in [3.05, 3.63) is 87.3 Å². The quantitative estimate of drug-likeness (QED) is 0.266. The van der Waals surface area contributed by atoms with E-state index >= 15 is 0 Å². The number of nitrogens with one attached hydrogen (secondary N) is 1. The molecule has 0 aliphatic carbocycles. The van der Waals surface area contributed by atoms with Gasteiger partial charge in [-0.1, -0.05) is 24.3 Å². The molecular weight excluding hydrogens is 526 g/mol. The first-order chi connectivity index (χ1) is 19.2. The number of carboxylic acid groups (broad SMARTS) is 1. The van der Waals surface area contributed by atoms with Gasteiger partial charge in [0, 0.05) is 27.4 Å². The molecule has 0 amide bonds. The number of carboxylic acids is 1. The standard InChI is InChI=1S/C30H31N5O4S/c1-6-39-24(36)15-20-7-11-22(12-8-20)31-23-13-9-21(10-14-23)27-25-16(2)18(4)40-29(25)35-19(5)33-34-28(35)26(32-27)17(3)30(37)38/h7-14,17,26,31H,6,15H2,1-5H3,(H,37,38)/t17-,26?/m0/s1. The number of hydrogen-bond donors (Lipinski definition) is 2. The number of benzene rings is 2. The van der Waals surface area contributed by atoms with Crippen LogP contribution in [0.2, 0.25) is 0 Å². The van der Waals surface area contributed by atoms with Crippen LogP contribution in [0.25, 0.3) is 5.00 Å². The molecule has 0 saturated carbocycles. The van der Waals surface area contributed by atoms with Gasteiger partial charge in [-0.15, -0.1) is 21.5 Å². The van der Waals surface area contributed by atoms with E-state index in [9.17, 15) is 14.7 Å². The molecule has 206 valence electrons. The van der Waals surface area contributed by atoms with Gasteiger partial charge in [0.1, 0.15) is 16.9 Å². The Labute approximate surface area is 236 Å². The number of aliphatic imine (C=N–C) groups is 1. The molecule has 5 rings (SSSR count). The van der Waals surface area contributed by atoms with Gasteiger partial charge in [0.15, 0.2) is 5.82 Å². The molecule has 0 spiro atoms. The Kier molecular flexibility index (Phi) is 7.53. The van der Waals surface area contributed by atoms with Gasteiger partial charge in [0.25, 0.3) is 0 Å². The lowest BCUT2D eigenvalue weighted by molar-refractivity contribution is -0.143. The lowest BCUT2D eigenvalue weighted by Gasteiger charge is -2.16. The number of aryl methyl sites for hydroxylation is 2. The second-order valence-electron chi connectivity index (χ2n) is 9.83. The van der Waals surface area contributed by atoms with Crippen molar-refractivity contribution in [3.8, 4) is 5.00 Å². The van der Waals surface area contributed by atoms with Gasteiger partial charge >= 0.3 is 11.9 Å². The van der Waals surface area contributed by atoms with E-state index in [1.54, 1.807) is 25.2 Å². The van der Waals surface area contributed by atoms with Crippen LogP contribution in [0.15, 0.2) is 53.5 Å². The largest absolute Gasteiger partial charge is 0.481 e. The first-order valence-electron chi connectivity index (χ1n) is 13.1. The summed E-state index contributed by atoms with van der Waals surface area (Å²) < 4.78 is 6.98. The fourth-order valence-electron chi connectivity index (χ4n) is 4.78. The third kappa shape index (κ3) is 5.14. The van der Waals surface area contributed by atoms with Gasteiger partial charge in [-0.05, 0) is 70.0 Å². The van der Waals surface area contributed by atoms with Crippen LogP contribution in [-0.2, 0) is 20.7 Å². The van der Waals surface area contributed by atoms with Gasteiger partial charge in [-0.3, -0.25) is 19.1 Å². The molecular formula is C30H31N5O4S. The van der Waals surface area contributed by atoms with E-state index in [0.717, 1.165) is 49.2 Å². The first kappa shape index (κ1) is 27.3. The Balaban J connectivity index is 1.48. The van der Waals surface area contributed by atoms with Crippen molar-refractivity contribution < 1.29 is 19.4 Å². The number of carbonyl (C=O) groups is 2. The number of ether oxygens (including phenoxy) is 1. The number of anilines is 2. The van der Waals surface area contributed by atoms with Crippen molar-refractivity contribution in [2.24, 2.45) is 10.9 Å². The zero-order valence-corrected chi connectivity index (χ0v) is 23.9. The fourth-order valence-corrected chi connectivity index (χ4v) is 5.99. The van der Waals surface area contributed by atoms with E-state index in [4.69, 9.17) is 9.73 Å². The molecule has 1 aliphatic heterocycles. The van der Waals surface area contributed by atoms with Crippen LogP contribution in [0.1, 0.15) is 58.7 Å². The molecule has 0 fully saturated rings. The minimum Gasteiger partial charge on any atom is -0.481 e. The number of aromatic nitrogens is 3. The van der Waals surface area contributed by atoms with Crippen LogP contribution >= 0.6 is 11.3 Å². The topological polar surface area (TPSA) is 119 Å². The van der Waals surface area contributed by atoms with Gasteiger partial charge < -0.3 is 15.2 Å². The zero-order valence-electron chi connectivity index (χ0n) is 23.1. The van der Waals surface area contributed by atoms with Crippen LogP contribution in [0.3, 0.4) is 0 Å². The van der Waals surface area contributed by atoms with Crippen LogP contribution in [-0.4, -0.2) is 44.1 Å². The number of aliphatic carboxylic acids is 1. The second-order valence-corrected chi connectivity index (χ2v) is 11.0. The van der Waals surface area contributed by atoms with Crippen molar-refractivity contribution in [3.63, 3.8) is 0 Å². The summed E-state index contributed by atoms with van der Waals surface area (Å²) in [4.78, 5) is 30.0. The molecule has 0 saturated heterocycles. The van der Waals surface area contributed by atoms with Crippen molar-refractivity contribution in [2.45, 2.75) is 47.1 Å². The first-order valence-corrected chi connectivity index (χ1v) is 13.9. The Bertz CT molecular complexity index is 1600. The molecule has 2 atom stereocenters. The summed E-state index contributed by atoms with van der Waals surface area (Å²) in [6, 6.07) is 14.9. The highest BCUT2D eigenvalue weighted by atomic mass is 32.1. The minimum atomic E-state index is -0.939. The SMILES string of the molecule is CCOC(=O)Cc1ccc(Nc2ccc(C3=NC([C@H](C)C(=O)O)c4nnc(C)n4-c4sc(C)c(C)c43)cc2)cc1. The summed E-state index contributed by atoms with van der Waals surface area (Å²) >= 11 is 1.64. The van der Waals surface area contributed by atoms with Crippen molar-refractivity contribution in [1.82, 2.24) is 14.8 Å². The van der Waals surface area contributed by atoms with E-state index in [1.807, 2.05) is 60.0 Å². The molecule has 0 radical (unpaired) electrons. The Morgan fingerprint density at radius 3 is 2.33 bits per heavy atom. The molecule has 9 nitrogen and oxygen atoms in total. The maximum atomic E-state index is 12.1. The molecule has 2 aromatic heterocycles. The monoisotopic (exact) mass is 557 g/mol. The van der Waals surface area contributed by atoms with Crippen molar-refractivity contribution in [1.29, 1.82) is 0 Å². The highest BCUT2D eigenvalue weighted by Gasteiger charge is 2.36. The van der Waals surface area contributed by atoms with Crippen LogP contribution in [0.4, 0.5) is 11.4 Å². The number of hydrogen-bond acceptors (Lipinski definition) is 8. The smallest absolute Gasteiger partial charge is 0.310 e. The third-order valence-electron chi connectivity index (χ3n) is 7.11. The van der Waals surface area contributed by atoms with E-state index in [-0.39, 0.29) is 12.4 Å². The number of rotatable bonds is 8. The van der Waals surface area contributed by atoms with Gasteiger partial charge in [0.05, 0.1) is 24.7 Å². The summed E-state index contributed by atoms with van der Waals surface area (Å²) in [5.74, 6) is -0.736. The molecule has 10 heteroatoms. The third-order valence-corrected chi connectivity index (χ3v) is 8.30. The van der Waals surface area contributed by atoms with Crippen LogP contribution in [0, 0.1) is 26.7 Å². The normalized spacial score (nSPS) is 14.9. The fraction of sp³-hybridized carbons (Fsp3) is 0.300. The zero-order chi connectivity index (χ0) is 28.6. The van der Waals surface area contributed by atoms with E-state index in [0.29, 0.717) is 18.3 Å². The number of carbonyl (C=O) groups excluding carboxylic acids is 1. The number of nitrogens with zero attached hydrogens (tertiary/aromatic N) is 4. The molecule has 40 heavy (non-hydrogen) atoms.